The van der Waals surface area contributed by atoms with Crippen molar-refractivity contribution in [2.75, 3.05) is 24.5 Å². The largest absolute Gasteiger partial charge is 0.417 e. The Hall–Kier alpha value is -4.80. The third kappa shape index (κ3) is 6.31. The maximum atomic E-state index is 14.0. The molecule has 6 rings (SSSR count). The van der Waals surface area contributed by atoms with E-state index in [1.807, 2.05) is 23.5 Å². The molecule has 0 aromatic heterocycles. The predicted octanol–water partition coefficient (Wildman–Crippen LogP) is 7.56. The monoisotopic (exact) mass is 637 g/mol. The van der Waals surface area contributed by atoms with Crippen LogP contribution in [0.25, 0.3) is 22.3 Å². The molecule has 5 nitrogen and oxygen atoms in total. The summed E-state index contributed by atoms with van der Waals surface area (Å²) in [5.74, 6) is -2.38. The SMILES string of the molecule is O=C(NC1CCN(c2ccc3c(c2)-c2ccccc2[C@@H]3C(=O)NCC(F)(F)F)CC1)c1c(-c2ccccc2)cccc1C(F)(F)F. The average molecular weight is 638 g/mol. The third-order valence-electron chi connectivity index (χ3n) is 8.51. The molecule has 1 fully saturated rings. The Morgan fingerprint density at radius 2 is 1.39 bits per heavy atom. The van der Waals surface area contributed by atoms with Crippen LogP contribution in [0.4, 0.5) is 32.0 Å². The quantitative estimate of drug-likeness (QED) is 0.215. The first-order chi connectivity index (χ1) is 21.9. The van der Waals surface area contributed by atoms with E-state index in [0.29, 0.717) is 42.6 Å². The maximum Gasteiger partial charge on any atom is 0.417 e. The molecule has 0 saturated carbocycles. The number of rotatable bonds is 6. The molecule has 1 aliphatic heterocycles. The molecular weight excluding hydrogens is 608 g/mol. The number of alkyl halides is 6. The molecular formula is C35H29F6N3O2. The Labute approximate surface area is 261 Å². The van der Waals surface area contributed by atoms with Crippen molar-refractivity contribution >= 4 is 17.5 Å². The van der Waals surface area contributed by atoms with Gasteiger partial charge in [0.15, 0.2) is 0 Å². The average Bonchev–Trinajstić information content (AvgIpc) is 3.37. The van der Waals surface area contributed by atoms with E-state index in [4.69, 9.17) is 0 Å². The molecule has 2 aliphatic rings. The van der Waals surface area contributed by atoms with Gasteiger partial charge in [0.2, 0.25) is 5.91 Å². The second-order valence-electron chi connectivity index (χ2n) is 11.5. The van der Waals surface area contributed by atoms with Crippen LogP contribution < -0.4 is 15.5 Å². The van der Waals surface area contributed by atoms with Crippen molar-refractivity contribution in [2.24, 2.45) is 0 Å². The molecule has 0 radical (unpaired) electrons. The summed E-state index contributed by atoms with van der Waals surface area (Å²) in [6.07, 6.45) is -8.28. The number of halogens is 6. The van der Waals surface area contributed by atoms with E-state index >= 15 is 0 Å². The van der Waals surface area contributed by atoms with E-state index in [1.165, 1.54) is 12.1 Å². The standard InChI is InChI=1S/C35H29F6N3O2/c36-34(37,38)20-42-32(45)30-26-10-5-4-9-25(26)28-19-23(13-14-27(28)30)44-17-15-22(16-18-44)43-33(46)31-24(21-7-2-1-3-8-21)11-6-12-29(31)35(39,40)41/h1-14,19,22,30H,15-18,20H2,(H,42,45)(H,43,46)/t30-/m0/s1. The minimum atomic E-state index is -4.72. The molecule has 1 atom stereocenters. The minimum Gasteiger partial charge on any atom is -0.371 e. The van der Waals surface area contributed by atoms with Crippen LogP contribution in [0.15, 0.2) is 91.0 Å². The number of amides is 2. The van der Waals surface area contributed by atoms with Crippen molar-refractivity contribution in [3.05, 3.63) is 113 Å². The summed E-state index contributed by atoms with van der Waals surface area (Å²) in [5.41, 5.74) is 2.92. The first kappa shape index (κ1) is 31.2. The van der Waals surface area contributed by atoms with Gasteiger partial charge in [0.25, 0.3) is 5.91 Å². The van der Waals surface area contributed by atoms with E-state index in [-0.39, 0.29) is 11.6 Å². The van der Waals surface area contributed by atoms with Crippen LogP contribution in [0.1, 0.15) is 45.8 Å². The Morgan fingerprint density at radius 1 is 0.739 bits per heavy atom. The van der Waals surface area contributed by atoms with Crippen LogP contribution in [0.5, 0.6) is 0 Å². The van der Waals surface area contributed by atoms with Crippen LogP contribution in [0.2, 0.25) is 0 Å². The van der Waals surface area contributed by atoms with E-state index in [9.17, 15) is 35.9 Å². The molecule has 0 spiro atoms. The number of hydrogen-bond acceptors (Lipinski definition) is 3. The number of fused-ring (bicyclic) bond motifs is 3. The van der Waals surface area contributed by atoms with Gasteiger partial charge in [-0.05, 0) is 64.4 Å². The molecule has 11 heteroatoms. The molecule has 238 valence electrons. The summed E-state index contributed by atoms with van der Waals surface area (Å²) in [5, 5.41) is 4.84. The molecule has 4 aromatic rings. The highest BCUT2D eigenvalue weighted by molar-refractivity contribution is 6.02. The number of piperidine rings is 1. The molecule has 0 unspecified atom stereocenters. The van der Waals surface area contributed by atoms with E-state index in [0.717, 1.165) is 22.9 Å². The number of hydrogen-bond donors (Lipinski definition) is 2. The number of carbonyl (C=O) groups is 2. The Morgan fingerprint density at radius 3 is 2.09 bits per heavy atom. The van der Waals surface area contributed by atoms with Gasteiger partial charge >= 0.3 is 12.4 Å². The Balaban J connectivity index is 1.18. The lowest BCUT2D eigenvalue weighted by atomic mass is 9.93. The zero-order chi connectivity index (χ0) is 32.6. The van der Waals surface area contributed by atoms with Crippen molar-refractivity contribution < 1.29 is 35.9 Å². The van der Waals surface area contributed by atoms with Gasteiger partial charge in [0, 0.05) is 24.8 Å². The van der Waals surface area contributed by atoms with Gasteiger partial charge in [-0.25, -0.2) is 0 Å². The van der Waals surface area contributed by atoms with E-state index < -0.39 is 47.8 Å². The first-order valence-corrected chi connectivity index (χ1v) is 14.8. The zero-order valence-electron chi connectivity index (χ0n) is 24.4. The van der Waals surface area contributed by atoms with Gasteiger partial charge in [-0.15, -0.1) is 0 Å². The number of benzene rings is 4. The van der Waals surface area contributed by atoms with E-state index in [1.54, 1.807) is 54.6 Å². The fourth-order valence-electron chi connectivity index (χ4n) is 6.39. The summed E-state index contributed by atoms with van der Waals surface area (Å²) in [7, 11) is 0. The van der Waals surface area contributed by atoms with Gasteiger partial charge in [0.05, 0.1) is 17.0 Å². The maximum absolute atomic E-state index is 14.0. The summed E-state index contributed by atoms with van der Waals surface area (Å²) in [6.45, 7) is -0.403. The number of anilines is 1. The van der Waals surface area contributed by atoms with Gasteiger partial charge in [0.1, 0.15) is 6.54 Å². The predicted molar refractivity (Wildman–Crippen MR) is 162 cm³/mol. The van der Waals surface area contributed by atoms with Crippen LogP contribution in [-0.4, -0.2) is 43.7 Å². The summed E-state index contributed by atoms with van der Waals surface area (Å²) in [4.78, 5) is 28.4. The van der Waals surface area contributed by atoms with Crippen LogP contribution in [0, 0.1) is 0 Å². The van der Waals surface area contributed by atoms with Gasteiger partial charge in [-0.1, -0.05) is 72.8 Å². The zero-order valence-corrected chi connectivity index (χ0v) is 24.4. The summed E-state index contributed by atoms with van der Waals surface area (Å²) < 4.78 is 80.4. The molecule has 2 N–H and O–H groups in total. The van der Waals surface area contributed by atoms with E-state index in [2.05, 4.69) is 10.2 Å². The lowest BCUT2D eigenvalue weighted by Gasteiger charge is -2.34. The summed E-state index contributed by atoms with van der Waals surface area (Å²) in [6, 6.07) is 24.5. The van der Waals surface area contributed by atoms with Gasteiger partial charge < -0.3 is 15.5 Å². The second kappa shape index (κ2) is 12.2. The second-order valence-corrected chi connectivity index (χ2v) is 11.5. The summed E-state index contributed by atoms with van der Waals surface area (Å²) >= 11 is 0. The molecule has 4 aromatic carbocycles. The highest BCUT2D eigenvalue weighted by Crippen LogP contribution is 2.46. The smallest absolute Gasteiger partial charge is 0.371 e. The van der Waals surface area contributed by atoms with Crippen LogP contribution in [0.3, 0.4) is 0 Å². The van der Waals surface area contributed by atoms with Crippen molar-refractivity contribution in [1.82, 2.24) is 10.6 Å². The lowest BCUT2D eigenvalue weighted by molar-refractivity contribution is -0.138. The van der Waals surface area contributed by atoms with Crippen molar-refractivity contribution in [3.8, 4) is 22.3 Å². The molecule has 0 bridgehead atoms. The molecule has 1 heterocycles. The van der Waals surface area contributed by atoms with Crippen LogP contribution in [-0.2, 0) is 11.0 Å². The Kier molecular flexibility index (Phi) is 8.26. The fourth-order valence-corrected chi connectivity index (χ4v) is 6.39. The third-order valence-corrected chi connectivity index (χ3v) is 8.51. The van der Waals surface area contributed by atoms with Gasteiger partial charge in [-0.2, -0.15) is 26.3 Å². The normalized spacial score (nSPS) is 16.5. The van der Waals surface area contributed by atoms with Crippen molar-refractivity contribution in [2.45, 2.75) is 37.2 Å². The number of carbonyl (C=O) groups excluding carboxylic acids is 2. The van der Waals surface area contributed by atoms with Crippen molar-refractivity contribution in [3.63, 3.8) is 0 Å². The lowest BCUT2D eigenvalue weighted by Crippen LogP contribution is -2.45. The molecule has 46 heavy (non-hydrogen) atoms. The molecule has 1 aliphatic carbocycles. The van der Waals surface area contributed by atoms with Crippen molar-refractivity contribution in [1.29, 1.82) is 0 Å². The fraction of sp³-hybridized carbons (Fsp3) is 0.257. The highest BCUT2D eigenvalue weighted by atomic mass is 19.4. The first-order valence-electron chi connectivity index (χ1n) is 14.8. The molecule has 1 saturated heterocycles. The number of nitrogens with zero attached hydrogens (tertiary/aromatic N) is 1. The highest BCUT2D eigenvalue weighted by Gasteiger charge is 2.38. The number of nitrogens with one attached hydrogen (secondary N) is 2. The van der Waals surface area contributed by atoms with Gasteiger partial charge in [-0.3, -0.25) is 9.59 Å². The van der Waals surface area contributed by atoms with Crippen LogP contribution >= 0.6 is 0 Å². The topological polar surface area (TPSA) is 61.4 Å². The molecule has 2 amide bonds. The minimum absolute atomic E-state index is 0.203. The Bertz CT molecular complexity index is 1760.